The number of halogens is 1. The Bertz CT molecular complexity index is 726. The molecule has 0 aliphatic rings. The summed E-state index contributed by atoms with van der Waals surface area (Å²) in [4.78, 5) is 23.7. The van der Waals surface area contributed by atoms with Crippen LogP contribution < -0.4 is 10.6 Å². The first kappa shape index (κ1) is 19.3. The first-order valence-electron chi connectivity index (χ1n) is 8.05. The van der Waals surface area contributed by atoms with Crippen molar-refractivity contribution in [3.63, 3.8) is 0 Å². The van der Waals surface area contributed by atoms with Crippen LogP contribution in [0, 0.1) is 6.92 Å². The molecule has 0 bridgehead atoms. The highest BCUT2D eigenvalue weighted by atomic mass is 79.9. The van der Waals surface area contributed by atoms with Gasteiger partial charge in [0.05, 0.1) is 19.3 Å². The Kier molecular flexibility index (Phi) is 7.27. The summed E-state index contributed by atoms with van der Waals surface area (Å²) in [5.74, 6) is 0.980. The van der Waals surface area contributed by atoms with Crippen molar-refractivity contribution in [2.75, 3.05) is 17.2 Å². The van der Waals surface area contributed by atoms with Gasteiger partial charge in [0.2, 0.25) is 17.8 Å². The van der Waals surface area contributed by atoms with Crippen molar-refractivity contribution >= 4 is 33.7 Å². The highest BCUT2D eigenvalue weighted by molar-refractivity contribution is 9.10. The van der Waals surface area contributed by atoms with Gasteiger partial charge in [-0.15, -0.1) is 0 Å². The van der Waals surface area contributed by atoms with Gasteiger partial charge in [-0.05, 0) is 31.0 Å². The third-order valence-electron chi connectivity index (χ3n) is 3.34. The third kappa shape index (κ3) is 6.75. The Labute approximate surface area is 155 Å². The number of hydrogen-bond donors (Lipinski definition) is 2. The normalized spacial score (nSPS) is 11.8. The Morgan fingerprint density at radius 1 is 1.28 bits per heavy atom. The summed E-state index contributed by atoms with van der Waals surface area (Å²) in [5, 5.41) is 5.80. The Morgan fingerprint density at radius 3 is 2.72 bits per heavy atom. The number of hydrogen-bond acceptors (Lipinski definition) is 6. The van der Waals surface area contributed by atoms with Crippen LogP contribution in [0.2, 0.25) is 0 Å². The predicted octanol–water partition coefficient (Wildman–Crippen LogP) is 3.31. The van der Waals surface area contributed by atoms with Gasteiger partial charge in [-0.25, -0.2) is 0 Å². The molecular weight excluding hydrogens is 386 g/mol. The molecule has 25 heavy (non-hydrogen) atoms. The minimum absolute atomic E-state index is 0.0548. The van der Waals surface area contributed by atoms with E-state index in [4.69, 9.17) is 4.74 Å². The number of carbonyl (C=O) groups is 1. The van der Waals surface area contributed by atoms with Crippen molar-refractivity contribution in [3.05, 3.63) is 40.1 Å². The molecule has 0 spiro atoms. The number of nitrogens with one attached hydrogen (secondary N) is 2. The fourth-order valence-electron chi connectivity index (χ4n) is 2.15. The molecule has 134 valence electrons. The van der Waals surface area contributed by atoms with E-state index >= 15 is 0 Å². The lowest BCUT2D eigenvalue weighted by molar-refractivity contribution is -0.114. The number of rotatable bonds is 8. The van der Waals surface area contributed by atoms with Crippen LogP contribution in [-0.2, 0) is 16.1 Å². The number of aromatic nitrogens is 3. The second-order valence-electron chi connectivity index (χ2n) is 5.61. The Morgan fingerprint density at radius 2 is 2.04 bits per heavy atom. The van der Waals surface area contributed by atoms with Gasteiger partial charge in [-0.2, -0.15) is 15.0 Å². The Balaban J connectivity index is 1.92. The predicted molar refractivity (Wildman–Crippen MR) is 100 cm³/mol. The second kappa shape index (κ2) is 9.43. The van der Waals surface area contributed by atoms with E-state index in [2.05, 4.69) is 48.4 Å². The van der Waals surface area contributed by atoms with Gasteiger partial charge in [-0.1, -0.05) is 35.0 Å². The minimum atomic E-state index is -0.221. The monoisotopic (exact) mass is 407 g/mol. The lowest BCUT2D eigenvalue weighted by atomic mass is 10.2. The summed E-state index contributed by atoms with van der Waals surface area (Å²) in [6.07, 6.45) is 0.846. The van der Waals surface area contributed by atoms with Crippen molar-refractivity contribution in [3.8, 4) is 0 Å². The van der Waals surface area contributed by atoms with Crippen molar-refractivity contribution in [2.24, 2.45) is 0 Å². The van der Waals surface area contributed by atoms with Crippen molar-refractivity contribution < 1.29 is 9.53 Å². The molecule has 0 aliphatic heterocycles. The van der Waals surface area contributed by atoms with E-state index in [1.807, 2.05) is 24.3 Å². The molecule has 1 aromatic heterocycles. The average Bonchev–Trinajstić information content (AvgIpc) is 2.52. The highest BCUT2D eigenvalue weighted by Crippen LogP contribution is 2.13. The highest BCUT2D eigenvalue weighted by Gasteiger charge is 2.11. The maximum Gasteiger partial charge on any atom is 0.234 e. The van der Waals surface area contributed by atoms with E-state index in [0.717, 1.165) is 16.5 Å². The van der Waals surface area contributed by atoms with Crippen LogP contribution >= 0.6 is 15.9 Å². The SMILES string of the molecule is CCC(COCc1cccc(Br)c1)Nc1nc(C)nc(NC(C)=O)n1. The molecule has 2 rings (SSSR count). The van der Waals surface area contributed by atoms with Gasteiger partial charge < -0.3 is 10.1 Å². The van der Waals surface area contributed by atoms with Crippen molar-refractivity contribution in [1.29, 1.82) is 0 Å². The molecule has 2 N–H and O–H groups in total. The molecule has 2 aromatic rings. The van der Waals surface area contributed by atoms with E-state index in [-0.39, 0.29) is 17.9 Å². The van der Waals surface area contributed by atoms with Gasteiger partial charge in [0.1, 0.15) is 5.82 Å². The molecule has 1 atom stereocenters. The summed E-state index contributed by atoms with van der Waals surface area (Å²) >= 11 is 3.45. The molecular formula is C17H22BrN5O2. The van der Waals surface area contributed by atoms with Gasteiger partial charge in [0, 0.05) is 11.4 Å². The quantitative estimate of drug-likeness (QED) is 0.697. The summed E-state index contributed by atoms with van der Waals surface area (Å²) < 4.78 is 6.83. The maximum atomic E-state index is 11.2. The summed E-state index contributed by atoms with van der Waals surface area (Å²) in [6.45, 7) is 6.27. The van der Waals surface area contributed by atoms with Gasteiger partial charge in [0.25, 0.3) is 0 Å². The van der Waals surface area contributed by atoms with E-state index in [1.54, 1.807) is 6.92 Å². The number of amides is 1. The standard InChI is InChI=1S/C17H22BrN5O2/c1-4-15(10-25-9-13-6-5-7-14(18)8-13)22-17-20-11(2)19-16(23-17)21-12(3)24/h5-8,15H,4,9-10H2,1-3H3,(H2,19,20,21,22,23,24). The smallest absolute Gasteiger partial charge is 0.234 e. The number of aryl methyl sites for hydroxylation is 1. The van der Waals surface area contributed by atoms with Crippen LogP contribution in [0.15, 0.2) is 28.7 Å². The second-order valence-corrected chi connectivity index (χ2v) is 6.52. The van der Waals surface area contributed by atoms with Crippen LogP contribution in [0.25, 0.3) is 0 Å². The number of benzene rings is 1. The summed E-state index contributed by atoms with van der Waals surface area (Å²) in [5.41, 5.74) is 1.10. The van der Waals surface area contributed by atoms with E-state index < -0.39 is 0 Å². The molecule has 0 saturated heterocycles. The van der Waals surface area contributed by atoms with Gasteiger partial charge in [0.15, 0.2) is 0 Å². The van der Waals surface area contributed by atoms with Gasteiger partial charge in [-0.3, -0.25) is 10.1 Å². The average molecular weight is 408 g/mol. The zero-order chi connectivity index (χ0) is 18.2. The number of ether oxygens (including phenoxy) is 1. The Hall–Kier alpha value is -2.06. The van der Waals surface area contributed by atoms with E-state index in [0.29, 0.717) is 25.0 Å². The molecule has 0 aliphatic carbocycles. The van der Waals surface area contributed by atoms with Crippen LogP contribution in [0.5, 0.6) is 0 Å². The zero-order valence-electron chi connectivity index (χ0n) is 14.5. The van der Waals surface area contributed by atoms with Crippen molar-refractivity contribution in [2.45, 2.75) is 39.8 Å². The number of carbonyl (C=O) groups excluding carboxylic acids is 1. The maximum absolute atomic E-state index is 11.2. The fraction of sp³-hybridized carbons (Fsp3) is 0.412. The number of nitrogens with zero attached hydrogens (tertiary/aromatic N) is 3. The number of anilines is 2. The molecule has 0 saturated carbocycles. The molecule has 1 heterocycles. The van der Waals surface area contributed by atoms with E-state index in [1.165, 1.54) is 6.92 Å². The summed E-state index contributed by atoms with van der Waals surface area (Å²) in [7, 11) is 0. The molecule has 1 aromatic carbocycles. The van der Waals surface area contributed by atoms with Crippen LogP contribution in [0.4, 0.5) is 11.9 Å². The van der Waals surface area contributed by atoms with Crippen LogP contribution in [0.3, 0.4) is 0 Å². The van der Waals surface area contributed by atoms with Crippen LogP contribution in [-0.4, -0.2) is 33.5 Å². The molecule has 7 nitrogen and oxygen atoms in total. The topological polar surface area (TPSA) is 89.0 Å². The third-order valence-corrected chi connectivity index (χ3v) is 3.83. The fourth-order valence-corrected chi connectivity index (χ4v) is 2.60. The lowest BCUT2D eigenvalue weighted by Crippen LogP contribution is -2.26. The van der Waals surface area contributed by atoms with Gasteiger partial charge >= 0.3 is 0 Å². The molecule has 0 radical (unpaired) electrons. The van der Waals surface area contributed by atoms with E-state index in [9.17, 15) is 4.79 Å². The molecule has 1 amide bonds. The first-order valence-corrected chi connectivity index (χ1v) is 8.84. The molecule has 0 fully saturated rings. The largest absolute Gasteiger partial charge is 0.375 e. The summed E-state index contributed by atoms with van der Waals surface area (Å²) in [6, 6.07) is 8.07. The molecule has 1 unspecified atom stereocenters. The zero-order valence-corrected chi connectivity index (χ0v) is 16.1. The first-order chi connectivity index (χ1) is 12.0. The van der Waals surface area contributed by atoms with Crippen LogP contribution in [0.1, 0.15) is 31.7 Å². The lowest BCUT2D eigenvalue weighted by Gasteiger charge is -2.17. The van der Waals surface area contributed by atoms with Crippen molar-refractivity contribution in [1.82, 2.24) is 15.0 Å². The molecule has 8 heteroatoms. The minimum Gasteiger partial charge on any atom is -0.375 e.